The summed E-state index contributed by atoms with van der Waals surface area (Å²) in [4.78, 5) is 4.49. The van der Waals surface area contributed by atoms with Crippen molar-refractivity contribution in [2.24, 2.45) is 5.92 Å². The zero-order chi connectivity index (χ0) is 19.5. The van der Waals surface area contributed by atoms with Gasteiger partial charge >= 0.3 is 0 Å². The lowest BCUT2D eigenvalue weighted by Gasteiger charge is -2.24. The Morgan fingerprint density at radius 1 is 1.23 bits per heavy atom. The fourth-order valence-electron chi connectivity index (χ4n) is 3.11. The Bertz CT molecular complexity index is 740. The van der Waals surface area contributed by atoms with Gasteiger partial charge in [-0.25, -0.2) is 4.98 Å². The molecule has 26 heavy (non-hydrogen) atoms. The van der Waals surface area contributed by atoms with Crippen molar-refractivity contribution in [1.82, 2.24) is 4.98 Å². The maximum atomic E-state index is 8.96. The summed E-state index contributed by atoms with van der Waals surface area (Å²) < 4.78 is 5.43. The smallest absolute Gasteiger partial charge is 0.204 e. The van der Waals surface area contributed by atoms with Gasteiger partial charge in [0, 0.05) is 23.1 Å². The molecule has 0 spiro atoms. The molecule has 1 N–H and O–H groups in total. The maximum absolute atomic E-state index is 8.96. The second kappa shape index (κ2) is 11.4. The molecule has 0 amide bonds. The van der Waals surface area contributed by atoms with E-state index in [0.717, 1.165) is 29.6 Å². The maximum Gasteiger partial charge on any atom is 0.204 e. The summed E-state index contributed by atoms with van der Waals surface area (Å²) in [6.07, 6.45) is 10.9. The third-order valence-electron chi connectivity index (χ3n) is 4.38. The Morgan fingerprint density at radius 3 is 2.65 bits per heavy atom. The zero-order valence-electron chi connectivity index (χ0n) is 17.1. The van der Waals surface area contributed by atoms with Crippen LogP contribution in [0.1, 0.15) is 71.6 Å². The first-order chi connectivity index (χ1) is 12.7. The molecule has 4 heteroatoms. The minimum Gasteiger partial charge on any atom is -0.444 e. The van der Waals surface area contributed by atoms with Gasteiger partial charge in [-0.3, -0.25) is 0 Å². The highest BCUT2D eigenvalue weighted by Gasteiger charge is 2.17. The molecule has 0 aromatic carbocycles. The van der Waals surface area contributed by atoms with Crippen LogP contribution in [-0.4, -0.2) is 11.0 Å². The highest BCUT2D eigenvalue weighted by atomic mass is 16.3. The van der Waals surface area contributed by atoms with Gasteiger partial charge in [0.05, 0.1) is 6.20 Å². The second-order valence-electron chi connectivity index (χ2n) is 6.20. The Labute approximate surface area is 158 Å². The van der Waals surface area contributed by atoms with Gasteiger partial charge < -0.3 is 9.73 Å². The number of nitriles is 1. The standard InChI is InChI=1S/C18H21N3O.2C2H6/c1-12-6-4-3-5-7-14(8-12)21-18-13(2)16-9-15(10-19)22-17(16)11-20-18;2*1-2/h3,5,9,11-12,14H,4,6-8H2,1-2H3,(H,20,21);2*1-2H3/b5-3-;;. The Hall–Kier alpha value is -2.28. The largest absolute Gasteiger partial charge is 0.444 e. The Kier molecular flexibility index (Phi) is 9.51. The number of hydrogen-bond donors (Lipinski definition) is 1. The average Bonchev–Trinajstić information content (AvgIpc) is 3.09. The highest BCUT2D eigenvalue weighted by molar-refractivity contribution is 5.85. The number of pyridine rings is 1. The van der Waals surface area contributed by atoms with Crippen molar-refractivity contribution < 1.29 is 4.42 Å². The van der Waals surface area contributed by atoms with Gasteiger partial charge in [-0.05, 0) is 38.5 Å². The second-order valence-corrected chi connectivity index (χ2v) is 6.20. The molecule has 0 radical (unpaired) electrons. The summed E-state index contributed by atoms with van der Waals surface area (Å²) in [5, 5.41) is 13.5. The number of rotatable bonds is 2. The van der Waals surface area contributed by atoms with E-state index in [1.54, 1.807) is 12.3 Å². The number of aromatic nitrogens is 1. The van der Waals surface area contributed by atoms with Crippen LogP contribution >= 0.6 is 0 Å². The lowest BCUT2D eigenvalue weighted by atomic mass is 9.92. The van der Waals surface area contributed by atoms with Crippen LogP contribution in [-0.2, 0) is 0 Å². The van der Waals surface area contributed by atoms with Crippen LogP contribution in [0, 0.1) is 24.2 Å². The summed E-state index contributed by atoms with van der Waals surface area (Å²) in [5.74, 6) is 1.94. The van der Waals surface area contributed by atoms with E-state index in [4.69, 9.17) is 9.68 Å². The van der Waals surface area contributed by atoms with Gasteiger partial charge in [0.1, 0.15) is 11.9 Å². The van der Waals surface area contributed by atoms with Crippen molar-refractivity contribution in [3.05, 3.63) is 35.7 Å². The predicted molar refractivity (Wildman–Crippen MR) is 110 cm³/mol. The Balaban J connectivity index is 0.000000791. The van der Waals surface area contributed by atoms with Crippen molar-refractivity contribution >= 4 is 16.8 Å². The van der Waals surface area contributed by atoms with Crippen molar-refractivity contribution in [3.8, 4) is 6.07 Å². The van der Waals surface area contributed by atoms with Gasteiger partial charge in [-0.2, -0.15) is 5.26 Å². The summed E-state index contributed by atoms with van der Waals surface area (Å²) in [6.45, 7) is 12.3. The van der Waals surface area contributed by atoms with E-state index < -0.39 is 0 Å². The fraction of sp³-hybridized carbons (Fsp3) is 0.545. The van der Waals surface area contributed by atoms with Crippen molar-refractivity contribution in [3.63, 3.8) is 0 Å². The van der Waals surface area contributed by atoms with Gasteiger partial charge in [0.25, 0.3) is 0 Å². The topological polar surface area (TPSA) is 61.9 Å². The number of fused-ring (bicyclic) bond motifs is 1. The third-order valence-corrected chi connectivity index (χ3v) is 4.38. The molecule has 2 heterocycles. The van der Waals surface area contributed by atoms with Crippen molar-refractivity contribution in [2.75, 3.05) is 5.32 Å². The molecular formula is C22H33N3O. The number of nitrogens with zero attached hydrogens (tertiary/aromatic N) is 2. The molecule has 2 unspecified atom stereocenters. The van der Waals surface area contributed by atoms with E-state index in [9.17, 15) is 0 Å². The number of anilines is 1. The van der Waals surface area contributed by atoms with Crippen molar-refractivity contribution in [2.45, 2.75) is 73.3 Å². The minimum atomic E-state index is 0.333. The van der Waals surface area contributed by atoms with E-state index in [0.29, 0.717) is 23.3 Å². The normalized spacial score (nSPS) is 20.3. The van der Waals surface area contributed by atoms with E-state index in [1.165, 1.54) is 12.8 Å². The molecule has 0 bridgehead atoms. The van der Waals surface area contributed by atoms with Crippen LogP contribution in [0.25, 0.3) is 11.0 Å². The molecular weight excluding hydrogens is 322 g/mol. The molecule has 142 valence electrons. The van der Waals surface area contributed by atoms with Crippen LogP contribution in [0.3, 0.4) is 0 Å². The molecule has 0 saturated carbocycles. The molecule has 0 fully saturated rings. The molecule has 0 saturated heterocycles. The first-order valence-corrected chi connectivity index (χ1v) is 9.88. The van der Waals surface area contributed by atoms with Gasteiger partial charge in [-0.1, -0.05) is 46.8 Å². The first kappa shape index (κ1) is 21.8. The minimum absolute atomic E-state index is 0.333. The van der Waals surface area contributed by atoms with E-state index in [2.05, 4.69) is 29.4 Å². The number of nitrogens with one attached hydrogen (secondary N) is 1. The SMILES string of the molecule is CC.CC.Cc1c(NC2C/C=C\CCC(C)C2)ncc2oc(C#N)cc12. The number of allylic oxidation sites excluding steroid dienone is 1. The zero-order valence-corrected chi connectivity index (χ0v) is 17.1. The quantitative estimate of drug-likeness (QED) is 0.616. The molecule has 4 nitrogen and oxygen atoms in total. The van der Waals surface area contributed by atoms with Crippen LogP contribution < -0.4 is 5.32 Å². The molecule has 1 aliphatic carbocycles. The summed E-state index contributed by atoms with van der Waals surface area (Å²) >= 11 is 0. The van der Waals surface area contributed by atoms with Gasteiger partial charge in [-0.15, -0.1) is 0 Å². The van der Waals surface area contributed by atoms with Gasteiger partial charge in [0.2, 0.25) is 5.76 Å². The van der Waals surface area contributed by atoms with E-state index in [-0.39, 0.29) is 0 Å². The average molecular weight is 356 g/mol. The van der Waals surface area contributed by atoms with Crippen LogP contribution in [0.15, 0.2) is 28.8 Å². The Morgan fingerprint density at radius 2 is 1.96 bits per heavy atom. The predicted octanol–water partition coefficient (Wildman–Crippen LogP) is 6.61. The monoisotopic (exact) mass is 355 g/mol. The molecule has 2 atom stereocenters. The molecule has 2 aromatic heterocycles. The summed E-state index contributed by atoms with van der Waals surface area (Å²) in [6, 6.07) is 4.23. The van der Waals surface area contributed by atoms with Crippen LogP contribution in [0.2, 0.25) is 0 Å². The number of hydrogen-bond acceptors (Lipinski definition) is 4. The van der Waals surface area contributed by atoms with E-state index >= 15 is 0 Å². The lowest BCUT2D eigenvalue weighted by Crippen LogP contribution is -2.23. The fourth-order valence-corrected chi connectivity index (χ4v) is 3.11. The molecule has 0 aliphatic heterocycles. The van der Waals surface area contributed by atoms with E-state index in [1.807, 2.05) is 40.7 Å². The molecule has 1 aliphatic rings. The highest BCUT2D eigenvalue weighted by Crippen LogP contribution is 2.28. The van der Waals surface area contributed by atoms with Crippen molar-refractivity contribution in [1.29, 1.82) is 5.26 Å². The van der Waals surface area contributed by atoms with Crippen LogP contribution in [0.5, 0.6) is 0 Å². The lowest BCUT2D eigenvalue weighted by molar-refractivity contribution is 0.447. The number of furan rings is 1. The first-order valence-electron chi connectivity index (χ1n) is 9.88. The van der Waals surface area contributed by atoms with Crippen LogP contribution in [0.4, 0.5) is 5.82 Å². The molecule has 3 rings (SSSR count). The summed E-state index contributed by atoms with van der Waals surface area (Å²) in [5.41, 5.74) is 1.71. The third kappa shape index (κ3) is 5.62. The van der Waals surface area contributed by atoms with Gasteiger partial charge in [0.15, 0.2) is 5.58 Å². The number of aryl methyl sites for hydroxylation is 1. The summed E-state index contributed by atoms with van der Waals surface area (Å²) in [7, 11) is 0. The molecule has 2 aromatic rings.